The minimum absolute atomic E-state index is 0.0461. The molecule has 104 valence electrons. The van der Waals surface area contributed by atoms with Crippen molar-refractivity contribution in [3.8, 4) is 0 Å². The molecule has 2 rings (SSSR count). The number of alkyl halides is 3. The highest BCUT2D eigenvalue weighted by Gasteiger charge is 2.34. The van der Waals surface area contributed by atoms with Gasteiger partial charge in [0, 0.05) is 23.1 Å². The van der Waals surface area contributed by atoms with E-state index in [1.54, 1.807) is 4.90 Å². The van der Waals surface area contributed by atoms with Gasteiger partial charge in [-0.1, -0.05) is 15.9 Å². The number of likely N-dealkylation sites (tertiary alicyclic amines) is 1. The summed E-state index contributed by atoms with van der Waals surface area (Å²) in [7, 11) is 0. The monoisotopic (exact) mass is 335 g/mol. The van der Waals surface area contributed by atoms with E-state index in [1.165, 1.54) is 12.1 Å². The molecule has 1 amide bonds. The first-order chi connectivity index (χ1) is 8.89. The maximum Gasteiger partial charge on any atom is 0.417 e. The van der Waals surface area contributed by atoms with Gasteiger partial charge in [0.25, 0.3) is 5.91 Å². The minimum atomic E-state index is -4.46. The Morgan fingerprint density at radius 2 is 1.79 bits per heavy atom. The van der Waals surface area contributed by atoms with E-state index in [1.807, 2.05) is 0 Å². The molecular formula is C13H13BrF3NO. The van der Waals surface area contributed by atoms with Gasteiger partial charge in [-0.3, -0.25) is 4.79 Å². The SMILES string of the molecule is O=C(c1ccc(Br)c(C(F)(F)F)c1)N1CCCCC1. The molecule has 0 saturated carbocycles. The van der Waals surface area contributed by atoms with Crippen LogP contribution in [0.25, 0.3) is 0 Å². The molecular weight excluding hydrogens is 323 g/mol. The molecule has 0 aromatic heterocycles. The summed E-state index contributed by atoms with van der Waals surface area (Å²) >= 11 is 2.87. The molecule has 0 N–H and O–H groups in total. The van der Waals surface area contributed by atoms with Gasteiger partial charge in [-0.2, -0.15) is 13.2 Å². The van der Waals surface area contributed by atoms with Crippen LogP contribution in [0.3, 0.4) is 0 Å². The van der Waals surface area contributed by atoms with Gasteiger partial charge in [0.05, 0.1) is 5.56 Å². The molecule has 19 heavy (non-hydrogen) atoms. The second-order valence-corrected chi connectivity index (χ2v) is 5.40. The van der Waals surface area contributed by atoms with Crippen LogP contribution in [-0.4, -0.2) is 23.9 Å². The van der Waals surface area contributed by atoms with Crippen molar-refractivity contribution < 1.29 is 18.0 Å². The lowest BCUT2D eigenvalue weighted by atomic mass is 10.1. The van der Waals surface area contributed by atoms with Crippen molar-refractivity contribution in [2.24, 2.45) is 0 Å². The summed E-state index contributed by atoms with van der Waals surface area (Å²) in [5.41, 5.74) is -0.715. The molecule has 0 atom stereocenters. The van der Waals surface area contributed by atoms with E-state index < -0.39 is 11.7 Å². The second-order valence-electron chi connectivity index (χ2n) is 4.55. The van der Waals surface area contributed by atoms with Crippen LogP contribution in [0.2, 0.25) is 0 Å². The van der Waals surface area contributed by atoms with Crippen molar-refractivity contribution in [1.29, 1.82) is 0 Å². The zero-order valence-corrected chi connectivity index (χ0v) is 11.7. The summed E-state index contributed by atoms with van der Waals surface area (Å²) in [5, 5.41) is 0. The molecule has 1 aromatic rings. The first-order valence-electron chi connectivity index (χ1n) is 6.05. The lowest BCUT2D eigenvalue weighted by Gasteiger charge is -2.27. The highest BCUT2D eigenvalue weighted by Crippen LogP contribution is 2.35. The first kappa shape index (κ1) is 14.4. The summed E-state index contributed by atoms with van der Waals surface area (Å²) in [6.07, 6.45) is -1.57. The third kappa shape index (κ3) is 3.29. The Hall–Kier alpha value is -1.04. The van der Waals surface area contributed by atoms with Gasteiger partial charge in [0.15, 0.2) is 0 Å². The topological polar surface area (TPSA) is 20.3 Å². The molecule has 0 spiro atoms. The number of carbonyl (C=O) groups is 1. The van der Waals surface area contributed by atoms with E-state index in [0.717, 1.165) is 25.3 Å². The summed E-state index contributed by atoms with van der Waals surface area (Å²) in [6, 6.07) is 3.62. The van der Waals surface area contributed by atoms with Crippen molar-refractivity contribution in [1.82, 2.24) is 4.90 Å². The van der Waals surface area contributed by atoms with Gasteiger partial charge in [-0.05, 0) is 37.5 Å². The zero-order chi connectivity index (χ0) is 14.0. The number of halogens is 4. The fraction of sp³-hybridized carbons (Fsp3) is 0.462. The highest BCUT2D eigenvalue weighted by molar-refractivity contribution is 9.10. The van der Waals surface area contributed by atoms with E-state index in [0.29, 0.717) is 13.1 Å². The van der Waals surface area contributed by atoms with Crippen LogP contribution in [0, 0.1) is 0 Å². The number of nitrogens with zero attached hydrogens (tertiary/aromatic N) is 1. The zero-order valence-electron chi connectivity index (χ0n) is 10.1. The molecule has 0 unspecified atom stereocenters. The largest absolute Gasteiger partial charge is 0.417 e. The van der Waals surface area contributed by atoms with E-state index in [4.69, 9.17) is 0 Å². The number of rotatable bonds is 1. The fourth-order valence-electron chi connectivity index (χ4n) is 2.16. The van der Waals surface area contributed by atoms with Gasteiger partial charge < -0.3 is 4.90 Å². The lowest BCUT2D eigenvalue weighted by molar-refractivity contribution is -0.138. The Bertz CT molecular complexity index is 481. The maximum atomic E-state index is 12.8. The Morgan fingerprint density at radius 3 is 2.37 bits per heavy atom. The summed E-state index contributed by atoms with van der Waals surface area (Å²) in [4.78, 5) is 13.8. The summed E-state index contributed by atoms with van der Waals surface area (Å²) < 4.78 is 38.3. The number of benzene rings is 1. The molecule has 1 fully saturated rings. The van der Waals surface area contributed by atoms with Crippen molar-refractivity contribution in [2.75, 3.05) is 13.1 Å². The number of piperidine rings is 1. The quantitative estimate of drug-likeness (QED) is 0.756. The average Bonchev–Trinajstić information content (AvgIpc) is 2.38. The molecule has 1 saturated heterocycles. The molecule has 1 aromatic carbocycles. The first-order valence-corrected chi connectivity index (χ1v) is 6.85. The lowest BCUT2D eigenvalue weighted by Crippen LogP contribution is -2.35. The standard InChI is InChI=1S/C13H13BrF3NO/c14-11-5-4-9(8-10(11)13(15,16)17)12(19)18-6-2-1-3-7-18/h4-5,8H,1-3,6-7H2. The predicted octanol–water partition coefficient (Wildman–Crippen LogP) is 4.09. The summed E-state index contributed by atoms with van der Waals surface area (Å²) in [6.45, 7) is 1.24. The second kappa shape index (κ2) is 5.53. The number of hydrogen-bond acceptors (Lipinski definition) is 1. The smallest absolute Gasteiger partial charge is 0.339 e. The number of hydrogen-bond donors (Lipinski definition) is 0. The fourth-order valence-corrected chi connectivity index (χ4v) is 2.63. The Kier molecular flexibility index (Phi) is 4.18. The van der Waals surface area contributed by atoms with E-state index in [-0.39, 0.29) is 15.9 Å². The normalized spacial score (nSPS) is 16.5. The van der Waals surface area contributed by atoms with Crippen LogP contribution in [0.1, 0.15) is 35.2 Å². The van der Waals surface area contributed by atoms with Crippen LogP contribution in [-0.2, 0) is 6.18 Å². The van der Waals surface area contributed by atoms with Gasteiger partial charge in [0.2, 0.25) is 0 Å². The van der Waals surface area contributed by atoms with Crippen molar-refractivity contribution in [3.63, 3.8) is 0 Å². The van der Waals surface area contributed by atoms with Gasteiger partial charge in [-0.25, -0.2) is 0 Å². The van der Waals surface area contributed by atoms with Crippen LogP contribution in [0.5, 0.6) is 0 Å². The molecule has 1 aliphatic rings. The van der Waals surface area contributed by atoms with E-state index in [9.17, 15) is 18.0 Å². The van der Waals surface area contributed by atoms with Crippen molar-refractivity contribution in [3.05, 3.63) is 33.8 Å². The molecule has 1 heterocycles. The molecule has 0 aliphatic carbocycles. The van der Waals surface area contributed by atoms with Gasteiger partial charge in [0.1, 0.15) is 0 Å². The summed E-state index contributed by atoms with van der Waals surface area (Å²) in [5.74, 6) is -0.322. The Balaban J connectivity index is 2.27. The number of carbonyl (C=O) groups excluding carboxylic acids is 1. The molecule has 0 bridgehead atoms. The predicted molar refractivity (Wildman–Crippen MR) is 68.9 cm³/mol. The van der Waals surface area contributed by atoms with E-state index in [2.05, 4.69) is 15.9 Å². The van der Waals surface area contributed by atoms with Gasteiger partial charge >= 0.3 is 6.18 Å². The third-order valence-electron chi connectivity index (χ3n) is 3.16. The molecule has 6 heteroatoms. The molecule has 0 radical (unpaired) electrons. The van der Waals surface area contributed by atoms with Crippen molar-refractivity contribution in [2.45, 2.75) is 25.4 Å². The van der Waals surface area contributed by atoms with Crippen LogP contribution in [0.15, 0.2) is 22.7 Å². The Morgan fingerprint density at radius 1 is 1.16 bits per heavy atom. The van der Waals surface area contributed by atoms with Crippen molar-refractivity contribution >= 4 is 21.8 Å². The third-order valence-corrected chi connectivity index (χ3v) is 3.85. The van der Waals surface area contributed by atoms with Gasteiger partial charge in [-0.15, -0.1) is 0 Å². The average molecular weight is 336 g/mol. The Labute approximate surface area is 117 Å². The minimum Gasteiger partial charge on any atom is -0.339 e. The van der Waals surface area contributed by atoms with Crippen LogP contribution >= 0.6 is 15.9 Å². The number of amides is 1. The van der Waals surface area contributed by atoms with E-state index >= 15 is 0 Å². The van der Waals surface area contributed by atoms with Crippen LogP contribution < -0.4 is 0 Å². The highest BCUT2D eigenvalue weighted by atomic mass is 79.9. The van der Waals surface area contributed by atoms with Crippen LogP contribution in [0.4, 0.5) is 13.2 Å². The maximum absolute atomic E-state index is 12.8. The molecule has 2 nitrogen and oxygen atoms in total. The molecule has 1 aliphatic heterocycles.